The van der Waals surface area contributed by atoms with Crippen molar-refractivity contribution in [2.45, 2.75) is 257 Å². The van der Waals surface area contributed by atoms with Crippen LogP contribution in [0.2, 0.25) is 0 Å². The maximum absolute atomic E-state index is 11.3. The minimum absolute atomic E-state index is 0.138. The molecule has 0 aliphatic carbocycles. The van der Waals surface area contributed by atoms with Crippen molar-refractivity contribution in [3.8, 4) is 0 Å². The molecule has 14 unspecified atom stereocenters. The Kier molecular flexibility index (Phi) is 19.2. The van der Waals surface area contributed by atoms with Gasteiger partial charge in [0.15, 0.2) is 37.7 Å². The number of hydrogen-bond acceptors (Lipinski definition) is 28. The normalized spacial score (nSPS) is 56.5. The fourth-order valence-corrected chi connectivity index (χ4v) is 10.0. The van der Waals surface area contributed by atoms with E-state index >= 15 is 0 Å². The van der Waals surface area contributed by atoms with E-state index in [1.54, 1.807) is 13.8 Å². The lowest BCUT2D eigenvalue weighted by molar-refractivity contribution is -0.390. The quantitative estimate of drug-likeness (QED) is 0.0815. The minimum atomic E-state index is -1.89. The molecule has 0 spiro atoms. The van der Waals surface area contributed by atoms with Crippen molar-refractivity contribution in [2.24, 2.45) is 0 Å². The van der Waals surface area contributed by atoms with Crippen LogP contribution in [0.5, 0.6) is 0 Å². The lowest BCUT2D eigenvalue weighted by atomic mass is 9.95. The molecule has 0 radical (unpaired) electrons. The zero-order valence-electron chi connectivity index (χ0n) is 40.3. The number of ether oxygens (including phenoxy) is 14. The average Bonchev–Trinajstić information content (AvgIpc) is 3.32. The van der Waals surface area contributed by atoms with Crippen LogP contribution in [0, 0.1) is 0 Å². The van der Waals surface area contributed by atoms with E-state index in [1.165, 1.54) is 41.7 Å². The third-order valence-corrected chi connectivity index (χ3v) is 14.4. The molecule has 0 saturated carbocycles. The highest BCUT2D eigenvalue weighted by Crippen LogP contribution is 2.37. The number of rotatable bonds is 13. The van der Waals surface area contributed by atoms with Crippen molar-refractivity contribution in [2.75, 3.05) is 13.7 Å². The SMILES string of the molecule is CO[C@H]1C(C)O[C@@H](O[C@H]2C(C)O[C@@H](O[C@H]3C(C)O[C@@H](O[C@H]4C(C)O[C@@H](O[C@H]5C(C)O[C@@H](O[C@H]6C(C)O[C@@H](O[C@H]7C(C)OCC(O)[C@H]7O)C(O)[C@H]6O)C(O)[C@H]5O)C(O)[C@H]4O)C(O)[C@H]3O)C(O)[C@H]2O)C(O)[C@H]1O. The van der Waals surface area contributed by atoms with E-state index in [-0.39, 0.29) is 6.61 Å². The molecular weight excluding hydrogens is 964 g/mol. The Morgan fingerprint density at radius 3 is 0.690 bits per heavy atom. The molecule has 0 aromatic carbocycles. The highest BCUT2D eigenvalue weighted by molar-refractivity contribution is 4.99. The summed E-state index contributed by atoms with van der Waals surface area (Å²) in [5.74, 6) is 0. The summed E-state index contributed by atoms with van der Waals surface area (Å²) in [5.41, 5.74) is 0. The zero-order chi connectivity index (χ0) is 52.2. The minimum Gasteiger partial charge on any atom is -0.388 e. The van der Waals surface area contributed by atoms with Crippen LogP contribution in [0.4, 0.5) is 0 Å². The summed E-state index contributed by atoms with van der Waals surface area (Å²) < 4.78 is 80.3. The van der Waals surface area contributed by atoms with Crippen LogP contribution in [-0.2, 0) is 66.3 Å². The lowest BCUT2D eigenvalue weighted by Gasteiger charge is -2.49. The van der Waals surface area contributed by atoms with E-state index in [2.05, 4.69) is 0 Å². The molecule has 7 fully saturated rings. The van der Waals surface area contributed by atoms with Gasteiger partial charge < -0.3 is 138 Å². The molecule has 7 aliphatic heterocycles. The zero-order valence-corrected chi connectivity index (χ0v) is 40.3. The van der Waals surface area contributed by atoms with Gasteiger partial charge in [0.05, 0.1) is 49.3 Å². The molecule has 414 valence electrons. The standard InChI is InChI=1S/C43H74O28/c1-10-32(18(45)17(44)9-59-10)66-39-26(53)20(47)34(12(3)61-39)68-41-28(55)22(49)36(14(5)63-41)70-43-30(57)24(51)37(16(7)65-43)71-42-29(56)23(50)35(15(6)64-42)69-40-27(54)21(48)33(13(4)62-40)67-38-25(52)19(46)31(58-8)11(2)60-38/h10-57H,9H2,1-8H3/t10?,11?,12?,13?,14?,15?,16?,17?,18-,19-,20-,21-,22-,23-,24-,25?,26?,27?,28?,29?,30?,31+,32+,33+,34+,35+,36+,37+,38+,39+,40+,41+,42+,43+/m1/s1. The van der Waals surface area contributed by atoms with Crippen molar-refractivity contribution in [1.82, 2.24) is 0 Å². The van der Waals surface area contributed by atoms with Gasteiger partial charge in [-0.25, -0.2) is 0 Å². The Bertz CT molecular complexity index is 1680. The first kappa shape index (κ1) is 57.6. The molecule has 71 heavy (non-hydrogen) atoms. The second-order valence-corrected chi connectivity index (χ2v) is 19.5. The summed E-state index contributed by atoms with van der Waals surface area (Å²) in [5, 5.41) is 153. The average molecular weight is 1040 g/mol. The first-order valence-electron chi connectivity index (χ1n) is 23.9. The van der Waals surface area contributed by atoms with E-state index in [9.17, 15) is 71.5 Å². The molecule has 0 aromatic heterocycles. The third kappa shape index (κ3) is 11.8. The predicted molar refractivity (Wildman–Crippen MR) is 226 cm³/mol. The maximum Gasteiger partial charge on any atom is 0.187 e. The Labute approximate surface area is 408 Å². The van der Waals surface area contributed by atoms with Gasteiger partial charge in [-0.15, -0.1) is 0 Å². The van der Waals surface area contributed by atoms with Gasteiger partial charge in [0.1, 0.15) is 128 Å². The number of hydrogen-bond donors (Lipinski definition) is 14. The van der Waals surface area contributed by atoms with Gasteiger partial charge >= 0.3 is 0 Å². The second kappa shape index (κ2) is 23.6. The molecule has 0 aromatic rings. The van der Waals surface area contributed by atoms with E-state index < -0.39 is 209 Å². The van der Waals surface area contributed by atoms with Crippen molar-refractivity contribution < 1.29 is 138 Å². The van der Waals surface area contributed by atoms with Crippen LogP contribution in [0.15, 0.2) is 0 Å². The largest absolute Gasteiger partial charge is 0.388 e. The summed E-state index contributed by atoms with van der Waals surface area (Å²) >= 11 is 0. The second-order valence-electron chi connectivity index (χ2n) is 19.5. The molecule has 7 rings (SSSR count). The van der Waals surface area contributed by atoms with Crippen LogP contribution in [0.25, 0.3) is 0 Å². The summed E-state index contributed by atoms with van der Waals surface area (Å²) in [6, 6.07) is 0. The van der Waals surface area contributed by atoms with Crippen LogP contribution >= 0.6 is 0 Å². The van der Waals surface area contributed by atoms with E-state index in [4.69, 9.17) is 66.3 Å². The van der Waals surface area contributed by atoms with Gasteiger partial charge in [-0.05, 0) is 48.5 Å². The lowest BCUT2D eigenvalue weighted by Crippen LogP contribution is -2.67. The topological polar surface area (TPSA) is 412 Å². The van der Waals surface area contributed by atoms with E-state index in [1.807, 2.05) is 0 Å². The molecule has 0 bridgehead atoms. The fraction of sp³-hybridized carbons (Fsp3) is 1.00. The molecule has 7 aliphatic rings. The molecule has 7 saturated heterocycles. The number of aliphatic hydroxyl groups is 14. The van der Waals surface area contributed by atoms with Crippen LogP contribution in [0.1, 0.15) is 48.5 Å². The Hall–Kier alpha value is -1.12. The van der Waals surface area contributed by atoms with Gasteiger partial charge in [-0.1, -0.05) is 0 Å². The summed E-state index contributed by atoms with van der Waals surface area (Å²) in [7, 11) is 1.34. The van der Waals surface area contributed by atoms with Gasteiger partial charge in [-0.3, -0.25) is 0 Å². The smallest absolute Gasteiger partial charge is 0.187 e. The summed E-state index contributed by atoms with van der Waals surface area (Å²) in [6.07, 6.45) is -48.9. The number of aliphatic hydroxyl groups excluding tert-OH is 14. The Morgan fingerprint density at radius 2 is 0.465 bits per heavy atom. The van der Waals surface area contributed by atoms with Gasteiger partial charge in [0.25, 0.3) is 0 Å². The highest BCUT2D eigenvalue weighted by atomic mass is 16.8. The molecule has 0 amide bonds. The molecule has 7 heterocycles. The van der Waals surface area contributed by atoms with E-state index in [0.717, 1.165) is 0 Å². The predicted octanol–water partition coefficient (Wildman–Crippen LogP) is -7.75. The Balaban J connectivity index is 0.892. The molecule has 34 atom stereocenters. The van der Waals surface area contributed by atoms with Gasteiger partial charge in [0, 0.05) is 7.11 Å². The van der Waals surface area contributed by atoms with Crippen molar-refractivity contribution in [1.29, 1.82) is 0 Å². The molecule has 14 N–H and O–H groups in total. The van der Waals surface area contributed by atoms with Crippen LogP contribution < -0.4 is 0 Å². The number of methoxy groups -OCH3 is 1. The summed E-state index contributed by atoms with van der Waals surface area (Å²) in [6.45, 7) is 10.3. The third-order valence-electron chi connectivity index (χ3n) is 14.4. The highest BCUT2D eigenvalue weighted by Gasteiger charge is 2.56. The van der Waals surface area contributed by atoms with Gasteiger partial charge in [0.2, 0.25) is 0 Å². The molecule has 28 heteroatoms. The van der Waals surface area contributed by atoms with Crippen molar-refractivity contribution in [3.05, 3.63) is 0 Å². The summed E-state index contributed by atoms with van der Waals surface area (Å²) in [4.78, 5) is 0. The first-order valence-corrected chi connectivity index (χ1v) is 23.9. The van der Waals surface area contributed by atoms with Crippen LogP contribution in [0.3, 0.4) is 0 Å². The fourth-order valence-electron chi connectivity index (χ4n) is 10.0. The monoisotopic (exact) mass is 1040 g/mol. The first-order chi connectivity index (χ1) is 33.4. The van der Waals surface area contributed by atoms with E-state index in [0.29, 0.717) is 0 Å². The van der Waals surface area contributed by atoms with Crippen LogP contribution in [-0.4, -0.2) is 294 Å². The molecule has 28 nitrogen and oxygen atoms in total. The van der Waals surface area contributed by atoms with Crippen molar-refractivity contribution >= 4 is 0 Å². The van der Waals surface area contributed by atoms with Crippen molar-refractivity contribution in [3.63, 3.8) is 0 Å². The molecular formula is C43H74O28. The maximum atomic E-state index is 11.3. The Morgan fingerprint density at radius 1 is 0.268 bits per heavy atom. The van der Waals surface area contributed by atoms with Gasteiger partial charge in [-0.2, -0.15) is 0 Å².